The fraction of sp³-hybridized carbons (Fsp3) is 0.615. The Morgan fingerprint density at radius 1 is 1.33 bits per heavy atom. The fourth-order valence-electron chi connectivity index (χ4n) is 2.47. The van der Waals surface area contributed by atoms with Crippen LogP contribution >= 0.6 is 0 Å². The lowest BCUT2D eigenvalue weighted by Gasteiger charge is -2.15. The number of nitrogens with one attached hydrogen (secondary N) is 1. The molecule has 2 rings (SSSR count). The van der Waals surface area contributed by atoms with Crippen LogP contribution in [0.2, 0.25) is 0 Å². The third kappa shape index (κ3) is 3.26. The first kappa shape index (κ1) is 15.1. The quantitative estimate of drug-likeness (QED) is 0.871. The van der Waals surface area contributed by atoms with Gasteiger partial charge in [-0.3, -0.25) is 9.48 Å². The smallest absolute Gasteiger partial charge is 0.222 e. The molecule has 114 valence electrons. The zero-order valence-electron chi connectivity index (χ0n) is 13.1. The molecular weight excluding hydrogens is 270 g/mol. The van der Waals surface area contributed by atoms with Crippen LogP contribution in [0.1, 0.15) is 42.2 Å². The van der Waals surface area contributed by atoms with Crippen LogP contribution in [-0.2, 0) is 18.4 Å². The number of carbonyl (C=O) groups is 1. The molecule has 21 heavy (non-hydrogen) atoms. The van der Waals surface area contributed by atoms with E-state index in [9.17, 15) is 4.79 Å². The minimum absolute atomic E-state index is 0.0277. The van der Waals surface area contributed by atoms with E-state index in [1.807, 2.05) is 39.4 Å². The van der Waals surface area contributed by atoms with Crippen LogP contribution in [0.25, 0.3) is 0 Å². The van der Waals surface area contributed by atoms with Gasteiger partial charge in [0.15, 0.2) is 0 Å². The first-order chi connectivity index (χ1) is 9.90. The van der Waals surface area contributed by atoms with Gasteiger partial charge in [0.25, 0.3) is 0 Å². The predicted octanol–water partition coefficient (Wildman–Crippen LogP) is 0.599. The summed E-state index contributed by atoms with van der Waals surface area (Å²) >= 11 is 0. The van der Waals surface area contributed by atoms with E-state index < -0.39 is 0 Å². The molecule has 2 heterocycles. The van der Waals surface area contributed by atoms with Crippen LogP contribution in [-0.4, -0.2) is 35.9 Å². The summed E-state index contributed by atoms with van der Waals surface area (Å²) in [6.07, 6.45) is 0.342. The Bertz CT molecular complexity index is 643. The zero-order valence-corrected chi connectivity index (χ0v) is 13.1. The van der Waals surface area contributed by atoms with Gasteiger partial charge in [-0.15, -0.1) is 5.10 Å². The van der Waals surface area contributed by atoms with Gasteiger partial charge in [0.1, 0.15) is 5.82 Å². The second-order valence-corrected chi connectivity index (χ2v) is 5.20. The minimum atomic E-state index is -0.0684. The third-order valence-electron chi connectivity index (χ3n) is 3.64. The lowest BCUT2D eigenvalue weighted by molar-refractivity contribution is -0.122. The summed E-state index contributed by atoms with van der Waals surface area (Å²) in [5.74, 6) is 0.676. The first-order valence-electron chi connectivity index (χ1n) is 6.92. The topological polar surface area (TPSA) is 90.5 Å². The van der Waals surface area contributed by atoms with Crippen molar-refractivity contribution in [1.82, 2.24) is 35.3 Å². The Morgan fingerprint density at radius 2 is 2.05 bits per heavy atom. The monoisotopic (exact) mass is 291 g/mol. The summed E-state index contributed by atoms with van der Waals surface area (Å²) in [6.45, 7) is 8.21. The van der Waals surface area contributed by atoms with Crippen molar-refractivity contribution < 1.29 is 4.79 Å². The molecule has 0 radical (unpaired) electrons. The Balaban J connectivity index is 1.94. The lowest BCUT2D eigenvalue weighted by Crippen LogP contribution is -2.28. The molecule has 0 bridgehead atoms. The summed E-state index contributed by atoms with van der Waals surface area (Å²) in [7, 11) is 1.90. The average Bonchev–Trinajstić information content (AvgIpc) is 2.91. The molecule has 0 saturated heterocycles. The van der Waals surface area contributed by atoms with E-state index in [-0.39, 0.29) is 11.9 Å². The van der Waals surface area contributed by atoms with Gasteiger partial charge in [-0.2, -0.15) is 5.10 Å². The number of rotatable bonds is 5. The van der Waals surface area contributed by atoms with Gasteiger partial charge in [0.2, 0.25) is 5.91 Å². The highest BCUT2D eigenvalue weighted by atomic mass is 16.1. The van der Waals surface area contributed by atoms with Gasteiger partial charge in [-0.05, 0) is 38.1 Å². The van der Waals surface area contributed by atoms with Crippen LogP contribution in [0.4, 0.5) is 0 Å². The Hall–Kier alpha value is -2.25. The molecule has 0 aromatic carbocycles. The molecule has 1 N–H and O–H groups in total. The van der Waals surface area contributed by atoms with Crippen LogP contribution in [0.3, 0.4) is 0 Å². The van der Waals surface area contributed by atoms with Gasteiger partial charge in [0, 0.05) is 24.7 Å². The van der Waals surface area contributed by atoms with Crippen molar-refractivity contribution in [3.05, 3.63) is 22.8 Å². The fourth-order valence-corrected chi connectivity index (χ4v) is 2.47. The highest BCUT2D eigenvalue weighted by Crippen LogP contribution is 2.20. The van der Waals surface area contributed by atoms with E-state index >= 15 is 0 Å². The largest absolute Gasteiger partial charge is 0.349 e. The average molecular weight is 291 g/mol. The van der Waals surface area contributed by atoms with E-state index in [1.165, 1.54) is 0 Å². The van der Waals surface area contributed by atoms with E-state index in [2.05, 4.69) is 25.9 Å². The van der Waals surface area contributed by atoms with E-state index in [1.54, 1.807) is 4.68 Å². The van der Waals surface area contributed by atoms with Crippen molar-refractivity contribution in [1.29, 1.82) is 0 Å². The normalized spacial score (nSPS) is 12.4. The van der Waals surface area contributed by atoms with Crippen LogP contribution in [0.15, 0.2) is 0 Å². The first-order valence-corrected chi connectivity index (χ1v) is 6.92. The summed E-state index contributed by atoms with van der Waals surface area (Å²) in [5, 5.41) is 18.5. The molecule has 1 amide bonds. The van der Waals surface area contributed by atoms with Gasteiger partial charge in [-0.1, -0.05) is 0 Å². The second-order valence-electron chi connectivity index (χ2n) is 5.20. The molecule has 0 unspecified atom stereocenters. The number of nitrogens with zero attached hydrogens (tertiary/aromatic N) is 6. The van der Waals surface area contributed by atoms with E-state index in [0.717, 1.165) is 17.0 Å². The van der Waals surface area contributed by atoms with Crippen molar-refractivity contribution in [2.24, 2.45) is 7.05 Å². The number of tetrazole rings is 1. The Morgan fingerprint density at radius 3 is 2.57 bits per heavy atom. The molecule has 8 nitrogen and oxygen atoms in total. The standard InChI is InChI=1S/C13H21N7O/c1-8(13-9(2)16-19(5)10(13)3)14-12(21)6-7-20-11(4)15-17-18-20/h8H,6-7H2,1-5H3,(H,14,21)/t8-/m1/s1. The molecule has 8 heteroatoms. The number of carbonyl (C=O) groups excluding carboxylic acids is 1. The number of hydrogen-bond donors (Lipinski definition) is 1. The molecule has 0 spiro atoms. The van der Waals surface area contributed by atoms with E-state index in [4.69, 9.17) is 0 Å². The molecule has 0 aliphatic heterocycles. The molecule has 0 fully saturated rings. The van der Waals surface area contributed by atoms with Crippen LogP contribution in [0, 0.1) is 20.8 Å². The van der Waals surface area contributed by atoms with Crippen molar-refractivity contribution >= 4 is 5.91 Å². The molecular formula is C13H21N7O. The third-order valence-corrected chi connectivity index (χ3v) is 3.64. The van der Waals surface area contributed by atoms with Gasteiger partial charge >= 0.3 is 0 Å². The number of hydrogen-bond acceptors (Lipinski definition) is 5. The summed E-state index contributed by atoms with van der Waals surface area (Å²) in [5.41, 5.74) is 3.08. The van der Waals surface area contributed by atoms with Crippen molar-refractivity contribution in [3.8, 4) is 0 Å². The van der Waals surface area contributed by atoms with Gasteiger partial charge in [-0.25, -0.2) is 4.68 Å². The SMILES string of the molecule is Cc1nn(C)c(C)c1[C@@H](C)NC(=O)CCn1nnnc1C. The van der Waals surface area contributed by atoms with E-state index in [0.29, 0.717) is 18.8 Å². The minimum Gasteiger partial charge on any atom is -0.349 e. The summed E-state index contributed by atoms with van der Waals surface area (Å²) < 4.78 is 3.45. The predicted molar refractivity (Wildman–Crippen MR) is 76.4 cm³/mol. The van der Waals surface area contributed by atoms with Crippen molar-refractivity contribution in [2.75, 3.05) is 0 Å². The molecule has 1 atom stereocenters. The molecule has 0 saturated carbocycles. The maximum atomic E-state index is 12.0. The van der Waals surface area contributed by atoms with Crippen molar-refractivity contribution in [2.45, 2.75) is 46.7 Å². The maximum absolute atomic E-state index is 12.0. The Kier molecular flexibility index (Phi) is 4.35. The summed E-state index contributed by atoms with van der Waals surface area (Å²) in [4.78, 5) is 12.0. The van der Waals surface area contributed by atoms with Gasteiger partial charge < -0.3 is 5.32 Å². The molecule has 0 aliphatic carbocycles. The zero-order chi connectivity index (χ0) is 15.6. The Labute approximate surface area is 123 Å². The number of aryl methyl sites for hydroxylation is 4. The highest BCUT2D eigenvalue weighted by Gasteiger charge is 2.18. The number of aromatic nitrogens is 6. The molecule has 0 aliphatic rings. The number of amides is 1. The highest BCUT2D eigenvalue weighted by molar-refractivity contribution is 5.76. The van der Waals surface area contributed by atoms with Crippen molar-refractivity contribution in [3.63, 3.8) is 0 Å². The molecule has 2 aromatic rings. The molecule has 2 aromatic heterocycles. The lowest BCUT2D eigenvalue weighted by atomic mass is 10.1. The van der Waals surface area contributed by atoms with Crippen LogP contribution < -0.4 is 5.32 Å². The van der Waals surface area contributed by atoms with Gasteiger partial charge in [0.05, 0.1) is 18.3 Å². The second kappa shape index (κ2) is 6.02. The summed E-state index contributed by atoms with van der Waals surface area (Å²) in [6, 6.07) is -0.0684. The van der Waals surface area contributed by atoms with Crippen LogP contribution in [0.5, 0.6) is 0 Å². The maximum Gasteiger partial charge on any atom is 0.222 e.